The van der Waals surface area contributed by atoms with E-state index in [0.717, 1.165) is 21.9 Å². The third-order valence-electron chi connectivity index (χ3n) is 5.79. The molecule has 10 nitrogen and oxygen atoms in total. The number of nitrogens with one attached hydrogen (secondary N) is 1. The second-order valence-corrected chi connectivity index (χ2v) is 8.11. The van der Waals surface area contributed by atoms with Crippen LogP contribution < -0.4 is 5.32 Å². The van der Waals surface area contributed by atoms with E-state index in [1.807, 2.05) is 31.4 Å². The fourth-order valence-electron chi connectivity index (χ4n) is 3.99. The molecular formula is C25H23N3O7. The van der Waals surface area contributed by atoms with Gasteiger partial charge in [-0.05, 0) is 68.3 Å². The smallest absolute Gasteiger partial charge is 0.373 e. The van der Waals surface area contributed by atoms with Crippen molar-refractivity contribution in [1.82, 2.24) is 14.8 Å². The number of amides is 3. The van der Waals surface area contributed by atoms with E-state index in [2.05, 4.69) is 10.1 Å². The topological polar surface area (TPSA) is 131 Å². The number of urea groups is 1. The molecule has 1 aromatic carbocycles. The number of carbonyl (C=O) groups excluding carboxylic acids is 3. The minimum Gasteiger partial charge on any atom is -0.478 e. The van der Waals surface area contributed by atoms with Gasteiger partial charge in [0.15, 0.2) is 0 Å². The third kappa shape index (κ3) is 4.33. The summed E-state index contributed by atoms with van der Waals surface area (Å²) in [5.41, 5.74) is 4.16. The van der Waals surface area contributed by atoms with Gasteiger partial charge in [-0.2, -0.15) is 0 Å². The molecule has 10 heteroatoms. The van der Waals surface area contributed by atoms with E-state index in [4.69, 9.17) is 4.42 Å². The summed E-state index contributed by atoms with van der Waals surface area (Å²) in [6.07, 6.45) is 1.58. The maximum atomic E-state index is 12.9. The van der Waals surface area contributed by atoms with Crippen LogP contribution >= 0.6 is 0 Å². The highest BCUT2D eigenvalue weighted by molar-refractivity contribution is 6.14. The van der Waals surface area contributed by atoms with Crippen molar-refractivity contribution < 1.29 is 33.4 Å². The molecule has 3 amide bonds. The summed E-state index contributed by atoms with van der Waals surface area (Å²) in [7, 11) is 1.22. The van der Waals surface area contributed by atoms with Crippen LogP contribution in [0.2, 0.25) is 0 Å². The number of aromatic carboxylic acids is 1. The summed E-state index contributed by atoms with van der Waals surface area (Å²) < 4.78 is 11.9. The SMILES string of the molecule is COC(=O)c1ccc(CN2C(=O)NC(=Cc3cc(C)n(-c4cc(C(=O)O)ccc4C)c3C)C2=O)o1. The molecule has 1 saturated heterocycles. The second-order valence-electron chi connectivity index (χ2n) is 8.11. The number of benzene rings is 1. The number of imide groups is 1. The summed E-state index contributed by atoms with van der Waals surface area (Å²) in [6, 6.07) is 9.04. The Morgan fingerprint density at radius 1 is 1.11 bits per heavy atom. The predicted molar refractivity (Wildman–Crippen MR) is 124 cm³/mol. The first-order valence-electron chi connectivity index (χ1n) is 10.7. The van der Waals surface area contributed by atoms with Crippen LogP contribution in [-0.2, 0) is 16.1 Å². The van der Waals surface area contributed by atoms with Crippen molar-refractivity contribution in [3.05, 3.63) is 81.7 Å². The number of hydrogen-bond acceptors (Lipinski definition) is 6. The Hall–Kier alpha value is -4.60. The molecule has 2 N–H and O–H groups in total. The van der Waals surface area contributed by atoms with Gasteiger partial charge in [0.1, 0.15) is 11.5 Å². The molecule has 0 saturated carbocycles. The van der Waals surface area contributed by atoms with Crippen LogP contribution in [0.25, 0.3) is 11.8 Å². The number of carboxylic acids is 1. The number of carboxylic acid groups (broad SMARTS) is 1. The van der Waals surface area contributed by atoms with Crippen molar-refractivity contribution in [2.75, 3.05) is 7.11 Å². The Morgan fingerprint density at radius 3 is 2.54 bits per heavy atom. The first-order chi connectivity index (χ1) is 16.6. The molecule has 0 bridgehead atoms. The maximum Gasteiger partial charge on any atom is 0.373 e. The highest BCUT2D eigenvalue weighted by atomic mass is 16.5. The first kappa shape index (κ1) is 23.6. The van der Waals surface area contributed by atoms with Crippen molar-refractivity contribution in [2.24, 2.45) is 0 Å². The fourth-order valence-corrected chi connectivity index (χ4v) is 3.99. The maximum absolute atomic E-state index is 12.9. The third-order valence-corrected chi connectivity index (χ3v) is 5.79. The molecule has 0 spiro atoms. The number of carbonyl (C=O) groups is 4. The number of esters is 1. The highest BCUT2D eigenvalue weighted by Crippen LogP contribution is 2.27. The lowest BCUT2D eigenvalue weighted by Crippen LogP contribution is -2.30. The molecule has 0 radical (unpaired) electrons. The normalized spacial score (nSPS) is 14.5. The van der Waals surface area contributed by atoms with Crippen LogP contribution in [0.4, 0.5) is 4.79 Å². The number of aromatic nitrogens is 1. The van der Waals surface area contributed by atoms with E-state index in [0.29, 0.717) is 11.3 Å². The van der Waals surface area contributed by atoms with Crippen LogP contribution in [0.1, 0.15) is 49.2 Å². The Kier molecular flexibility index (Phi) is 6.04. The largest absolute Gasteiger partial charge is 0.478 e. The molecule has 3 heterocycles. The summed E-state index contributed by atoms with van der Waals surface area (Å²) in [5, 5.41) is 11.9. The Labute approximate surface area is 200 Å². The van der Waals surface area contributed by atoms with E-state index < -0.39 is 23.9 Å². The van der Waals surface area contributed by atoms with E-state index >= 15 is 0 Å². The van der Waals surface area contributed by atoms with Crippen LogP contribution in [0.3, 0.4) is 0 Å². The number of rotatable bonds is 6. The molecule has 4 rings (SSSR count). The van der Waals surface area contributed by atoms with Gasteiger partial charge in [0.2, 0.25) is 5.76 Å². The zero-order valence-corrected chi connectivity index (χ0v) is 19.5. The predicted octanol–water partition coefficient (Wildman–Crippen LogP) is 3.57. The van der Waals surface area contributed by atoms with Crippen molar-refractivity contribution in [3.63, 3.8) is 0 Å². The zero-order chi connectivity index (χ0) is 25.4. The molecule has 0 atom stereocenters. The van der Waals surface area contributed by atoms with Crippen LogP contribution in [0.15, 0.2) is 46.5 Å². The quantitative estimate of drug-likeness (QED) is 0.315. The monoisotopic (exact) mass is 477 g/mol. The lowest BCUT2D eigenvalue weighted by molar-refractivity contribution is -0.123. The average molecular weight is 477 g/mol. The average Bonchev–Trinajstić information content (AvgIpc) is 3.47. The van der Waals surface area contributed by atoms with Gasteiger partial charge < -0.3 is 24.1 Å². The van der Waals surface area contributed by atoms with Gasteiger partial charge in [-0.25, -0.2) is 14.4 Å². The number of aryl methyl sites for hydroxylation is 2. The zero-order valence-electron chi connectivity index (χ0n) is 19.5. The Balaban J connectivity index is 1.62. The lowest BCUT2D eigenvalue weighted by Gasteiger charge is -2.13. The number of ether oxygens (including phenoxy) is 1. The highest BCUT2D eigenvalue weighted by Gasteiger charge is 2.34. The standard InChI is InChI=1S/C25H23N3O7/c1-13-5-6-16(23(30)31)11-20(13)28-14(2)9-17(15(28)3)10-19-22(29)27(25(33)26-19)12-18-7-8-21(35-18)24(32)34-4/h5-11H,12H2,1-4H3,(H,26,33)(H,30,31). The molecule has 1 aliphatic heterocycles. The molecule has 3 aromatic rings. The van der Waals surface area contributed by atoms with Gasteiger partial charge in [-0.1, -0.05) is 6.07 Å². The molecule has 1 fully saturated rings. The summed E-state index contributed by atoms with van der Waals surface area (Å²) in [5.74, 6) is -2.00. The van der Waals surface area contributed by atoms with Gasteiger partial charge in [0.05, 0.1) is 19.2 Å². The van der Waals surface area contributed by atoms with Gasteiger partial charge in [0.25, 0.3) is 5.91 Å². The van der Waals surface area contributed by atoms with E-state index in [9.17, 15) is 24.3 Å². The summed E-state index contributed by atoms with van der Waals surface area (Å²) in [6.45, 7) is 5.46. The van der Waals surface area contributed by atoms with Crippen LogP contribution in [-0.4, -0.2) is 45.6 Å². The molecule has 0 unspecified atom stereocenters. The van der Waals surface area contributed by atoms with Gasteiger partial charge in [0, 0.05) is 17.1 Å². The van der Waals surface area contributed by atoms with E-state index in [1.165, 1.54) is 19.2 Å². The molecule has 0 aliphatic carbocycles. The molecule has 1 aliphatic rings. The lowest BCUT2D eigenvalue weighted by atomic mass is 10.1. The Morgan fingerprint density at radius 2 is 1.86 bits per heavy atom. The van der Waals surface area contributed by atoms with Gasteiger partial charge in [-0.15, -0.1) is 0 Å². The number of hydrogen-bond donors (Lipinski definition) is 2. The minimum atomic E-state index is -1.02. The summed E-state index contributed by atoms with van der Waals surface area (Å²) >= 11 is 0. The fraction of sp³-hybridized carbons (Fsp3) is 0.200. The van der Waals surface area contributed by atoms with Crippen LogP contribution in [0, 0.1) is 20.8 Å². The van der Waals surface area contributed by atoms with E-state index in [-0.39, 0.29) is 29.3 Å². The Bertz CT molecular complexity index is 1410. The second kappa shape index (κ2) is 8.98. The summed E-state index contributed by atoms with van der Waals surface area (Å²) in [4.78, 5) is 49.4. The first-order valence-corrected chi connectivity index (χ1v) is 10.7. The van der Waals surface area contributed by atoms with Gasteiger partial charge >= 0.3 is 18.0 Å². The molecule has 2 aromatic heterocycles. The number of nitrogens with zero attached hydrogens (tertiary/aromatic N) is 2. The van der Waals surface area contributed by atoms with Gasteiger partial charge in [-0.3, -0.25) is 9.69 Å². The number of methoxy groups -OCH3 is 1. The van der Waals surface area contributed by atoms with Crippen molar-refractivity contribution >= 4 is 30.0 Å². The molecular weight excluding hydrogens is 454 g/mol. The number of furan rings is 1. The minimum absolute atomic E-state index is 0.0278. The van der Waals surface area contributed by atoms with Crippen molar-refractivity contribution in [3.8, 4) is 5.69 Å². The van der Waals surface area contributed by atoms with Crippen molar-refractivity contribution in [1.29, 1.82) is 0 Å². The van der Waals surface area contributed by atoms with Crippen LogP contribution in [0.5, 0.6) is 0 Å². The van der Waals surface area contributed by atoms with E-state index in [1.54, 1.807) is 24.3 Å². The molecule has 180 valence electrons. The van der Waals surface area contributed by atoms with Crippen molar-refractivity contribution in [2.45, 2.75) is 27.3 Å². The molecule has 35 heavy (non-hydrogen) atoms.